The number of rotatable bonds is 4. The van der Waals surface area contributed by atoms with Crippen molar-refractivity contribution in [3.8, 4) is 0 Å². The highest BCUT2D eigenvalue weighted by Gasteiger charge is 2.10. The van der Waals surface area contributed by atoms with Gasteiger partial charge in [-0.3, -0.25) is 20.2 Å². The van der Waals surface area contributed by atoms with Gasteiger partial charge in [-0.1, -0.05) is 12.1 Å². The van der Waals surface area contributed by atoms with Gasteiger partial charge in [0.1, 0.15) is 0 Å². The molecular formula is C15H14N4O3. The zero-order valence-corrected chi connectivity index (χ0v) is 12.1. The van der Waals surface area contributed by atoms with Crippen LogP contribution in [0.25, 0.3) is 6.08 Å². The largest absolute Gasteiger partial charge is 0.291 e. The Bertz CT molecular complexity index is 736. The fourth-order valence-electron chi connectivity index (χ4n) is 1.89. The van der Waals surface area contributed by atoms with Gasteiger partial charge in [-0.15, -0.1) is 0 Å². The zero-order valence-electron chi connectivity index (χ0n) is 12.1. The molecule has 0 bridgehead atoms. The Morgan fingerprint density at radius 2 is 1.86 bits per heavy atom. The van der Waals surface area contributed by atoms with Crippen molar-refractivity contribution in [1.82, 2.24) is 9.97 Å². The number of aryl methyl sites for hydroxylation is 2. The smallest absolute Gasteiger partial charge is 0.276 e. The average Bonchev–Trinajstić information content (AvgIpc) is 2.44. The minimum absolute atomic E-state index is 0.0609. The van der Waals surface area contributed by atoms with E-state index in [2.05, 4.69) is 15.3 Å². The lowest BCUT2D eigenvalue weighted by Crippen LogP contribution is -2.11. The molecule has 1 aromatic heterocycles. The molecule has 22 heavy (non-hydrogen) atoms. The second-order valence-corrected chi connectivity index (χ2v) is 4.61. The maximum Gasteiger partial charge on any atom is 0.276 e. The Kier molecular flexibility index (Phi) is 4.57. The first kappa shape index (κ1) is 15.3. The predicted octanol–water partition coefficient (Wildman–Crippen LogP) is 2.65. The fourth-order valence-corrected chi connectivity index (χ4v) is 1.89. The summed E-state index contributed by atoms with van der Waals surface area (Å²) in [6.45, 7) is 3.60. The van der Waals surface area contributed by atoms with Crippen LogP contribution in [-0.4, -0.2) is 20.8 Å². The van der Waals surface area contributed by atoms with Gasteiger partial charge >= 0.3 is 0 Å². The maximum absolute atomic E-state index is 11.8. The van der Waals surface area contributed by atoms with Gasteiger partial charge in [0, 0.05) is 23.5 Å². The van der Waals surface area contributed by atoms with E-state index in [1.165, 1.54) is 18.2 Å². The van der Waals surface area contributed by atoms with Crippen LogP contribution in [0.4, 0.5) is 11.6 Å². The number of hydrogen-bond donors (Lipinski definition) is 1. The number of aromatic nitrogens is 2. The van der Waals surface area contributed by atoms with Crippen molar-refractivity contribution >= 4 is 23.6 Å². The number of carbonyl (C=O) groups is 1. The Labute approximate surface area is 126 Å². The Hall–Kier alpha value is -3.09. The molecule has 0 radical (unpaired) electrons. The Balaban J connectivity index is 2.13. The maximum atomic E-state index is 11.8. The molecule has 0 aliphatic carbocycles. The molecule has 1 amide bonds. The zero-order chi connectivity index (χ0) is 16.1. The molecular weight excluding hydrogens is 284 g/mol. The molecule has 112 valence electrons. The average molecular weight is 298 g/mol. The first-order valence-electron chi connectivity index (χ1n) is 6.50. The fraction of sp³-hybridized carbons (Fsp3) is 0.133. The van der Waals surface area contributed by atoms with E-state index in [4.69, 9.17) is 0 Å². The number of amides is 1. The first-order valence-corrected chi connectivity index (χ1v) is 6.50. The SMILES string of the molecule is Cc1cc(C)nc(NC(=O)C=Cc2ccccc2[N+](=O)[O-])n1. The van der Waals surface area contributed by atoms with Crippen LogP contribution in [0.3, 0.4) is 0 Å². The van der Waals surface area contributed by atoms with Crippen molar-refractivity contribution in [2.75, 3.05) is 5.32 Å². The summed E-state index contributed by atoms with van der Waals surface area (Å²) in [6, 6.07) is 7.97. The Morgan fingerprint density at radius 3 is 2.50 bits per heavy atom. The quantitative estimate of drug-likeness (QED) is 0.531. The van der Waals surface area contributed by atoms with Gasteiger partial charge in [0.2, 0.25) is 5.95 Å². The van der Waals surface area contributed by atoms with Crippen LogP contribution in [0.5, 0.6) is 0 Å². The van der Waals surface area contributed by atoms with Gasteiger partial charge in [-0.05, 0) is 32.1 Å². The summed E-state index contributed by atoms with van der Waals surface area (Å²) in [6.07, 6.45) is 2.60. The van der Waals surface area contributed by atoms with E-state index in [0.717, 1.165) is 11.4 Å². The normalized spacial score (nSPS) is 10.6. The van der Waals surface area contributed by atoms with Gasteiger partial charge in [-0.25, -0.2) is 9.97 Å². The summed E-state index contributed by atoms with van der Waals surface area (Å²) in [7, 11) is 0. The predicted molar refractivity (Wildman–Crippen MR) is 82.3 cm³/mol. The number of anilines is 1. The number of benzene rings is 1. The highest BCUT2D eigenvalue weighted by molar-refractivity contribution is 6.01. The highest BCUT2D eigenvalue weighted by atomic mass is 16.6. The number of para-hydroxylation sites is 1. The summed E-state index contributed by atoms with van der Waals surface area (Å²) in [5.41, 5.74) is 1.77. The number of nitro benzene ring substituents is 1. The van der Waals surface area contributed by atoms with E-state index in [1.54, 1.807) is 38.1 Å². The molecule has 0 atom stereocenters. The van der Waals surface area contributed by atoms with Crippen LogP contribution in [0.2, 0.25) is 0 Å². The lowest BCUT2D eigenvalue weighted by atomic mass is 10.1. The number of carbonyl (C=O) groups excluding carboxylic acids is 1. The molecule has 1 N–H and O–H groups in total. The summed E-state index contributed by atoms with van der Waals surface area (Å²) in [5.74, 6) is -0.252. The number of hydrogen-bond acceptors (Lipinski definition) is 5. The van der Waals surface area contributed by atoms with E-state index >= 15 is 0 Å². The van der Waals surface area contributed by atoms with Gasteiger partial charge in [0.05, 0.1) is 10.5 Å². The van der Waals surface area contributed by atoms with Crippen molar-refractivity contribution < 1.29 is 9.72 Å². The third-order valence-corrected chi connectivity index (χ3v) is 2.77. The molecule has 0 saturated carbocycles. The molecule has 2 aromatic rings. The number of nitro groups is 1. The second-order valence-electron chi connectivity index (χ2n) is 4.61. The molecule has 7 heteroatoms. The third-order valence-electron chi connectivity index (χ3n) is 2.77. The standard InChI is InChI=1S/C15H14N4O3/c1-10-9-11(2)17-15(16-10)18-14(20)8-7-12-5-3-4-6-13(12)19(21)22/h3-9H,1-2H3,(H,16,17,18,20). The molecule has 0 saturated heterocycles. The summed E-state index contributed by atoms with van der Waals surface area (Å²) >= 11 is 0. The second kappa shape index (κ2) is 6.57. The van der Waals surface area contributed by atoms with E-state index in [-0.39, 0.29) is 11.6 Å². The van der Waals surface area contributed by atoms with Crippen molar-refractivity contribution in [3.63, 3.8) is 0 Å². The van der Waals surface area contributed by atoms with Crippen molar-refractivity contribution in [3.05, 3.63) is 63.5 Å². The third kappa shape index (κ3) is 3.95. The van der Waals surface area contributed by atoms with Crippen LogP contribution < -0.4 is 5.32 Å². The minimum atomic E-state index is -0.495. The lowest BCUT2D eigenvalue weighted by molar-refractivity contribution is -0.385. The van der Waals surface area contributed by atoms with Crippen molar-refractivity contribution in [2.45, 2.75) is 13.8 Å². The van der Waals surface area contributed by atoms with Crippen molar-refractivity contribution in [1.29, 1.82) is 0 Å². The van der Waals surface area contributed by atoms with Gasteiger partial charge < -0.3 is 0 Å². The molecule has 1 heterocycles. The Morgan fingerprint density at radius 1 is 1.23 bits per heavy atom. The molecule has 0 aliphatic rings. The van der Waals surface area contributed by atoms with E-state index in [0.29, 0.717) is 5.56 Å². The molecule has 1 aromatic carbocycles. The van der Waals surface area contributed by atoms with Crippen LogP contribution in [0.15, 0.2) is 36.4 Å². The van der Waals surface area contributed by atoms with E-state index in [9.17, 15) is 14.9 Å². The van der Waals surface area contributed by atoms with Crippen LogP contribution >= 0.6 is 0 Å². The van der Waals surface area contributed by atoms with Gasteiger partial charge in [0.25, 0.3) is 11.6 Å². The van der Waals surface area contributed by atoms with Crippen molar-refractivity contribution in [2.24, 2.45) is 0 Å². The highest BCUT2D eigenvalue weighted by Crippen LogP contribution is 2.18. The molecule has 0 aliphatic heterocycles. The topological polar surface area (TPSA) is 98.0 Å². The molecule has 2 rings (SSSR count). The molecule has 0 fully saturated rings. The summed E-state index contributed by atoms with van der Waals surface area (Å²) in [4.78, 5) is 30.4. The molecule has 0 spiro atoms. The summed E-state index contributed by atoms with van der Waals surface area (Å²) < 4.78 is 0. The van der Waals surface area contributed by atoms with Gasteiger partial charge in [-0.2, -0.15) is 0 Å². The monoisotopic (exact) mass is 298 g/mol. The lowest BCUT2D eigenvalue weighted by Gasteiger charge is -2.03. The van der Waals surface area contributed by atoms with Gasteiger partial charge in [0.15, 0.2) is 0 Å². The first-order chi connectivity index (χ1) is 10.5. The van der Waals surface area contributed by atoms with Crippen LogP contribution in [0.1, 0.15) is 17.0 Å². The van der Waals surface area contributed by atoms with E-state index in [1.807, 2.05) is 0 Å². The van der Waals surface area contributed by atoms with Crippen LogP contribution in [0, 0.1) is 24.0 Å². The van der Waals surface area contributed by atoms with Crippen LogP contribution in [-0.2, 0) is 4.79 Å². The summed E-state index contributed by atoms with van der Waals surface area (Å²) in [5, 5.41) is 13.4. The molecule has 7 nitrogen and oxygen atoms in total. The van der Waals surface area contributed by atoms with E-state index < -0.39 is 10.8 Å². The minimum Gasteiger partial charge on any atom is -0.291 e. The number of nitrogens with one attached hydrogen (secondary N) is 1. The number of nitrogens with zero attached hydrogens (tertiary/aromatic N) is 3. The molecule has 0 unspecified atom stereocenters.